The molecule has 1 aliphatic rings. The Morgan fingerprint density at radius 3 is 2.80 bits per heavy atom. The fourth-order valence-electron chi connectivity index (χ4n) is 2.62. The van der Waals surface area contributed by atoms with Crippen LogP contribution in [0, 0.1) is 0 Å². The highest BCUT2D eigenvalue weighted by Gasteiger charge is 2.19. The highest BCUT2D eigenvalue weighted by Crippen LogP contribution is 2.33. The Morgan fingerprint density at radius 1 is 1.25 bits per heavy atom. The van der Waals surface area contributed by atoms with Gasteiger partial charge in [0.15, 0.2) is 5.82 Å². The fraction of sp³-hybridized carbons (Fsp3) is 0.500. The topological polar surface area (TPSA) is 75.7 Å². The number of hydrogen-bond donors (Lipinski definition) is 2. The Kier molecular flexibility index (Phi) is 3.92. The van der Waals surface area contributed by atoms with E-state index in [4.69, 9.17) is 4.74 Å². The van der Waals surface area contributed by atoms with Crippen molar-refractivity contribution < 1.29 is 4.74 Å². The van der Waals surface area contributed by atoms with Gasteiger partial charge in [-0.25, -0.2) is 4.98 Å². The summed E-state index contributed by atoms with van der Waals surface area (Å²) in [4.78, 5) is 8.55. The third kappa shape index (κ3) is 2.96. The van der Waals surface area contributed by atoms with Crippen LogP contribution in [0.25, 0.3) is 0 Å². The van der Waals surface area contributed by atoms with E-state index in [0.29, 0.717) is 18.3 Å². The van der Waals surface area contributed by atoms with Gasteiger partial charge in [0.25, 0.3) is 0 Å². The van der Waals surface area contributed by atoms with Crippen LogP contribution in [-0.2, 0) is 11.3 Å². The summed E-state index contributed by atoms with van der Waals surface area (Å²) in [5, 5.41) is 10.6. The van der Waals surface area contributed by atoms with Crippen molar-refractivity contribution in [1.29, 1.82) is 0 Å². The lowest BCUT2D eigenvalue weighted by Gasteiger charge is -2.04. The van der Waals surface area contributed by atoms with Gasteiger partial charge in [0.1, 0.15) is 5.82 Å². The summed E-state index contributed by atoms with van der Waals surface area (Å²) in [7, 11) is 1.64. The average Bonchev–Trinajstić information content (AvgIpc) is 3.12. The molecule has 0 radical (unpaired) electrons. The van der Waals surface area contributed by atoms with Crippen molar-refractivity contribution in [2.24, 2.45) is 0 Å². The number of nitrogens with zero attached hydrogens (tertiary/aromatic N) is 3. The SMILES string of the molecule is COCc1cnc(Nc2cc(C3CCCC3)[nH]n2)cn1. The second kappa shape index (κ2) is 6.00. The lowest BCUT2D eigenvalue weighted by Crippen LogP contribution is -1.98. The smallest absolute Gasteiger partial charge is 0.153 e. The first-order valence-corrected chi connectivity index (χ1v) is 6.97. The van der Waals surface area contributed by atoms with Crippen molar-refractivity contribution >= 4 is 11.6 Å². The van der Waals surface area contributed by atoms with Crippen LogP contribution < -0.4 is 5.32 Å². The number of aromatic nitrogens is 4. The normalized spacial score (nSPS) is 15.7. The maximum atomic E-state index is 5.01. The summed E-state index contributed by atoms with van der Waals surface area (Å²) < 4.78 is 5.01. The highest BCUT2D eigenvalue weighted by molar-refractivity contribution is 5.50. The Balaban J connectivity index is 1.65. The molecular formula is C14H19N5O. The second-order valence-corrected chi connectivity index (χ2v) is 5.14. The third-order valence-corrected chi connectivity index (χ3v) is 3.65. The summed E-state index contributed by atoms with van der Waals surface area (Å²) in [5.41, 5.74) is 2.03. The van der Waals surface area contributed by atoms with Crippen molar-refractivity contribution in [3.8, 4) is 0 Å². The molecule has 2 N–H and O–H groups in total. The maximum absolute atomic E-state index is 5.01. The summed E-state index contributed by atoms with van der Waals surface area (Å²) in [6, 6.07) is 2.07. The summed E-state index contributed by atoms with van der Waals surface area (Å²) in [5.74, 6) is 2.11. The first-order chi connectivity index (χ1) is 9.85. The molecule has 0 spiro atoms. The van der Waals surface area contributed by atoms with E-state index in [1.807, 2.05) is 0 Å². The van der Waals surface area contributed by atoms with Crippen LogP contribution in [0.1, 0.15) is 43.0 Å². The number of aromatic amines is 1. The highest BCUT2D eigenvalue weighted by atomic mass is 16.5. The molecule has 0 atom stereocenters. The molecule has 6 heteroatoms. The van der Waals surface area contributed by atoms with Crippen LogP contribution in [-0.4, -0.2) is 27.3 Å². The monoisotopic (exact) mass is 273 g/mol. The number of methoxy groups -OCH3 is 1. The lowest BCUT2D eigenvalue weighted by molar-refractivity contribution is 0.181. The second-order valence-electron chi connectivity index (χ2n) is 5.14. The molecule has 0 unspecified atom stereocenters. The van der Waals surface area contributed by atoms with E-state index in [0.717, 1.165) is 11.5 Å². The van der Waals surface area contributed by atoms with Gasteiger partial charge in [-0.1, -0.05) is 12.8 Å². The molecule has 20 heavy (non-hydrogen) atoms. The van der Waals surface area contributed by atoms with E-state index in [1.165, 1.54) is 31.4 Å². The van der Waals surface area contributed by atoms with Crippen molar-refractivity contribution in [2.75, 3.05) is 12.4 Å². The van der Waals surface area contributed by atoms with Gasteiger partial charge < -0.3 is 10.1 Å². The minimum absolute atomic E-state index is 0.474. The number of ether oxygens (including phenoxy) is 1. The zero-order chi connectivity index (χ0) is 13.8. The van der Waals surface area contributed by atoms with E-state index in [-0.39, 0.29) is 0 Å². The summed E-state index contributed by atoms with van der Waals surface area (Å²) in [6.07, 6.45) is 8.55. The van der Waals surface area contributed by atoms with Crippen molar-refractivity contribution in [3.05, 3.63) is 29.8 Å². The van der Waals surface area contributed by atoms with Crippen molar-refractivity contribution in [2.45, 2.75) is 38.2 Å². The Labute approximate surface area is 118 Å². The minimum Gasteiger partial charge on any atom is -0.378 e. The molecule has 6 nitrogen and oxygen atoms in total. The number of rotatable bonds is 5. The largest absolute Gasteiger partial charge is 0.378 e. The average molecular weight is 273 g/mol. The van der Waals surface area contributed by atoms with Gasteiger partial charge in [-0.05, 0) is 12.8 Å². The molecular weight excluding hydrogens is 254 g/mol. The first-order valence-electron chi connectivity index (χ1n) is 6.97. The molecule has 0 saturated heterocycles. The number of anilines is 2. The van der Waals surface area contributed by atoms with Gasteiger partial charge in [0.2, 0.25) is 0 Å². The molecule has 0 bridgehead atoms. The van der Waals surface area contributed by atoms with Crippen LogP contribution in [0.4, 0.5) is 11.6 Å². The van der Waals surface area contributed by atoms with Crippen LogP contribution in [0.3, 0.4) is 0 Å². The molecule has 0 amide bonds. The predicted molar refractivity (Wildman–Crippen MR) is 75.8 cm³/mol. The summed E-state index contributed by atoms with van der Waals surface area (Å²) >= 11 is 0. The van der Waals surface area contributed by atoms with E-state index < -0.39 is 0 Å². The number of hydrogen-bond acceptors (Lipinski definition) is 5. The van der Waals surface area contributed by atoms with Crippen LogP contribution in [0.5, 0.6) is 0 Å². The van der Waals surface area contributed by atoms with Gasteiger partial charge in [-0.15, -0.1) is 0 Å². The lowest BCUT2D eigenvalue weighted by atomic mass is 10.0. The molecule has 0 aliphatic heterocycles. The quantitative estimate of drug-likeness (QED) is 0.876. The molecule has 106 valence electrons. The van der Waals surface area contributed by atoms with E-state index in [9.17, 15) is 0 Å². The molecule has 2 aromatic rings. The zero-order valence-corrected chi connectivity index (χ0v) is 11.6. The maximum Gasteiger partial charge on any atom is 0.153 e. The Hall–Kier alpha value is -1.95. The number of nitrogens with one attached hydrogen (secondary N) is 2. The van der Waals surface area contributed by atoms with Gasteiger partial charge in [-0.3, -0.25) is 10.1 Å². The van der Waals surface area contributed by atoms with Crippen LogP contribution in [0.15, 0.2) is 18.5 Å². The summed E-state index contributed by atoms with van der Waals surface area (Å²) in [6.45, 7) is 0.474. The third-order valence-electron chi connectivity index (χ3n) is 3.65. The van der Waals surface area contributed by atoms with E-state index in [2.05, 4.69) is 31.5 Å². The van der Waals surface area contributed by atoms with Gasteiger partial charge >= 0.3 is 0 Å². The predicted octanol–water partition coefficient (Wildman–Crippen LogP) is 2.75. The van der Waals surface area contributed by atoms with Gasteiger partial charge in [0, 0.05) is 24.8 Å². The fourth-order valence-corrected chi connectivity index (χ4v) is 2.62. The van der Waals surface area contributed by atoms with Gasteiger partial charge in [-0.2, -0.15) is 5.10 Å². The molecule has 1 fully saturated rings. The van der Waals surface area contributed by atoms with Gasteiger partial charge in [0.05, 0.1) is 24.7 Å². The first kappa shape index (κ1) is 13.1. The Bertz CT molecular complexity index is 545. The van der Waals surface area contributed by atoms with Crippen molar-refractivity contribution in [1.82, 2.24) is 20.2 Å². The van der Waals surface area contributed by atoms with Crippen LogP contribution in [0.2, 0.25) is 0 Å². The van der Waals surface area contributed by atoms with E-state index >= 15 is 0 Å². The van der Waals surface area contributed by atoms with Crippen LogP contribution >= 0.6 is 0 Å². The molecule has 2 aromatic heterocycles. The zero-order valence-electron chi connectivity index (χ0n) is 11.6. The molecule has 1 aliphatic carbocycles. The Morgan fingerprint density at radius 2 is 2.10 bits per heavy atom. The van der Waals surface area contributed by atoms with E-state index in [1.54, 1.807) is 19.5 Å². The standard InChI is InChI=1S/C14H19N5O/c1-20-9-11-7-16-14(8-15-11)17-13-6-12(18-19-13)10-4-2-3-5-10/h6-8,10H,2-5,9H2,1H3,(H2,16,17,18,19). The molecule has 1 saturated carbocycles. The molecule has 3 rings (SSSR count). The minimum atomic E-state index is 0.474. The number of H-pyrrole nitrogens is 1. The molecule has 0 aromatic carbocycles. The molecule has 2 heterocycles. The van der Waals surface area contributed by atoms with Crippen molar-refractivity contribution in [3.63, 3.8) is 0 Å².